The molecule has 2 aliphatic rings. The summed E-state index contributed by atoms with van der Waals surface area (Å²) in [5, 5.41) is 6.89. The van der Waals surface area contributed by atoms with E-state index in [2.05, 4.69) is 0 Å². The lowest BCUT2D eigenvalue weighted by Crippen LogP contribution is -2.45. The molecule has 8 nitrogen and oxygen atoms in total. The van der Waals surface area contributed by atoms with E-state index in [-0.39, 0.29) is 24.5 Å². The minimum atomic E-state index is -0.400. The Morgan fingerprint density at radius 1 is 1.28 bits per heavy atom. The molecule has 8 heteroatoms. The second kappa shape index (κ2) is 9.73. The number of amides is 1. The molecule has 0 aliphatic carbocycles. The van der Waals surface area contributed by atoms with E-state index in [4.69, 9.17) is 14.6 Å². The van der Waals surface area contributed by atoms with Crippen LogP contribution in [0.15, 0.2) is 24.3 Å². The number of hydrogen-bond acceptors (Lipinski definition) is 6. The van der Waals surface area contributed by atoms with E-state index in [1.807, 2.05) is 67.2 Å². The van der Waals surface area contributed by atoms with Gasteiger partial charge >= 0.3 is 5.97 Å². The zero-order valence-electron chi connectivity index (χ0n) is 17.6. The number of cyclic esters (lactones) is 1. The first-order valence-corrected chi connectivity index (χ1v) is 9.73. The zero-order valence-corrected chi connectivity index (χ0v) is 17.6. The highest BCUT2D eigenvalue weighted by Gasteiger charge is 2.50. The van der Waals surface area contributed by atoms with Crippen LogP contribution in [-0.4, -0.2) is 87.2 Å². The first-order valence-electron chi connectivity index (χ1n) is 9.73. The fourth-order valence-corrected chi connectivity index (χ4v) is 3.99. The van der Waals surface area contributed by atoms with Gasteiger partial charge in [0.15, 0.2) is 0 Å². The molecule has 0 radical (unpaired) electrons. The molecule has 0 aromatic heterocycles. The number of benzene rings is 1. The van der Waals surface area contributed by atoms with Crippen molar-refractivity contribution >= 4 is 24.0 Å². The Kier molecular flexibility index (Phi) is 7.61. The Labute approximate surface area is 172 Å². The van der Waals surface area contributed by atoms with Crippen molar-refractivity contribution in [1.29, 1.82) is 0 Å². The zero-order chi connectivity index (χ0) is 21.6. The van der Waals surface area contributed by atoms with Crippen molar-refractivity contribution in [2.75, 3.05) is 52.7 Å². The predicted octanol–water partition coefficient (Wildman–Crippen LogP) is 1.55. The summed E-state index contributed by atoms with van der Waals surface area (Å²) in [6.45, 7) is 1.72. The molecule has 2 heterocycles. The Hall–Kier alpha value is -2.61. The molecule has 1 aromatic rings. The quantitative estimate of drug-likeness (QED) is 0.600. The highest BCUT2D eigenvalue weighted by Crippen LogP contribution is 2.43. The van der Waals surface area contributed by atoms with Crippen LogP contribution >= 0.6 is 0 Å². The molecule has 0 saturated carbocycles. The van der Waals surface area contributed by atoms with E-state index < -0.39 is 5.41 Å². The van der Waals surface area contributed by atoms with E-state index in [0.29, 0.717) is 31.5 Å². The van der Waals surface area contributed by atoms with Gasteiger partial charge in [0, 0.05) is 51.4 Å². The molecule has 29 heavy (non-hydrogen) atoms. The van der Waals surface area contributed by atoms with Crippen LogP contribution in [0.5, 0.6) is 0 Å². The van der Waals surface area contributed by atoms with Crippen molar-refractivity contribution in [3.63, 3.8) is 0 Å². The predicted molar refractivity (Wildman–Crippen MR) is 110 cm³/mol. The van der Waals surface area contributed by atoms with Crippen molar-refractivity contribution in [1.82, 2.24) is 9.80 Å². The lowest BCUT2D eigenvalue weighted by atomic mass is 9.76. The molecule has 1 atom stereocenters. The maximum absolute atomic E-state index is 12.9. The number of carbonyl (C=O) groups is 3. The van der Waals surface area contributed by atoms with Crippen molar-refractivity contribution in [3.05, 3.63) is 29.8 Å². The van der Waals surface area contributed by atoms with Crippen molar-refractivity contribution in [2.45, 2.75) is 25.4 Å². The van der Waals surface area contributed by atoms with Crippen LogP contribution in [0, 0.1) is 5.41 Å². The van der Waals surface area contributed by atoms with E-state index in [1.54, 1.807) is 0 Å². The van der Waals surface area contributed by atoms with Crippen LogP contribution in [0.2, 0.25) is 0 Å². The van der Waals surface area contributed by atoms with Gasteiger partial charge in [-0.1, -0.05) is 6.07 Å². The van der Waals surface area contributed by atoms with E-state index in [1.165, 1.54) is 0 Å². The van der Waals surface area contributed by atoms with Crippen LogP contribution < -0.4 is 4.90 Å². The maximum atomic E-state index is 12.9. The van der Waals surface area contributed by atoms with Gasteiger partial charge in [-0.3, -0.25) is 14.4 Å². The minimum absolute atomic E-state index is 0.0310. The van der Waals surface area contributed by atoms with Gasteiger partial charge in [-0.05, 0) is 45.1 Å². The van der Waals surface area contributed by atoms with Crippen LogP contribution in [0.25, 0.3) is 0 Å². The molecule has 1 spiro atoms. The SMILES string of the molecule is CN(C)CC1CC2(CCN(C(=O)c3cccc(N(C)C)c3)CC2)C(=O)O1.O=CO. The third-order valence-electron chi connectivity index (χ3n) is 5.51. The number of nitrogens with zero attached hydrogens (tertiary/aromatic N) is 3. The Bertz CT molecular complexity index is 727. The van der Waals surface area contributed by atoms with E-state index in [0.717, 1.165) is 18.7 Å². The summed E-state index contributed by atoms with van der Waals surface area (Å²) in [7, 11) is 7.90. The molecule has 160 valence electrons. The first kappa shape index (κ1) is 22.7. The van der Waals surface area contributed by atoms with Gasteiger partial charge in [0.2, 0.25) is 0 Å². The summed E-state index contributed by atoms with van der Waals surface area (Å²) >= 11 is 0. The van der Waals surface area contributed by atoms with Gasteiger partial charge in [-0.25, -0.2) is 0 Å². The van der Waals surface area contributed by atoms with Crippen LogP contribution in [0.4, 0.5) is 5.69 Å². The summed E-state index contributed by atoms with van der Waals surface area (Å²) in [5.41, 5.74) is 1.31. The standard InChI is InChI=1S/C20H29N3O3.CH2O2/c1-21(2)14-17-13-20(19(25)26-17)8-10-23(11-9-20)18(24)15-6-5-7-16(12-15)22(3)4;2-1-3/h5-7,12,17H,8-11,13-14H2,1-4H3;1H,(H,2,3). The lowest BCUT2D eigenvalue weighted by molar-refractivity contribution is -0.150. The molecule has 1 aromatic carbocycles. The van der Waals surface area contributed by atoms with Gasteiger partial charge in [-0.15, -0.1) is 0 Å². The number of likely N-dealkylation sites (N-methyl/N-ethyl adjacent to an activating group) is 1. The monoisotopic (exact) mass is 405 g/mol. The van der Waals surface area contributed by atoms with Gasteiger partial charge < -0.3 is 24.5 Å². The summed E-state index contributed by atoms with van der Waals surface area (Å²) in [6.07, 6.45) is 2.11. The fraction of sp³-hybridized carbons (Fsp3) is 0.571. The molecule has 1 unspecified atom stereocenters. The number of hydrogen-bond donors (Lipinski definition) is 1. The minimum Gasteiger partial charge on any atom is -0.483 e. The molecular weight excluding hydrogens is 374 g/mol. The van der Waals surface area contributed by atoms with Gasteiger partial charge in [-0.2, -0.15) is 0 Å². The second-order valence-corrected chi connectivity index (χ2v) is 8.12. The number of carbonyl (C=O) groups excluding carboxylic acids is 2. The molecule has 2 saturated heterocycles. The summed E-state index contributed by atoms with van der Waals surface area (Å²) in [6, 6.07) is 7.68. The molecule has 0 bridgehead atoms. The Morgan fingerprint density at radius 2 is 1.90 bits per heavy atom. The van der Waals surface area contributed by atoms with Crippen LogP contribution in [0.1, 0.15) is 29.6 Å². The Balaban J connectivity index is 0.000000941. The number of piperidine rings is 1. The first-order chi connectivity index (χ1) is 13.7. The fourth-order valence-electron chi connectivity index (χ4n) is 3.99. The third-order valence-corrected chi connectivity index (χ3v) is 5.51. The number of rotatable bonds is 4. The topological polar surface area (TPSA) is 90.4 Å². The number of anilines is 1. The molecule has 3 rings (SSSR count). The summed E-state index contributed by atoms with van der Waals surface area (Å²) in [5.74, 6) is -0.0363. The number of esters is 1. The maximum Gasteiger partial charge on any atom is 0.312 e. The average molecular weight is 405 g/mol. The molecular formula is C21H31N3O5. The molecule has 2 aliphatic heterocycles. The van der Waals surface area contributed by atoms with E-state index >= 15 is 0 Å². The van der Waals surface area contributed by atoms with E-state index in [9.17, 15) is 9.59 Å². The van der Waals surface area contributed by atoms with Crippen molar-refractivity contribution < 1.29 is 24.2 Å². The number of likely N-dealkylation sites (tertiary alicyclic amines) is 1. The molecule has 1 N–H and O–H groups in total. The Morgan fingerprint density at radius 3 is 2.45 bits per heavy atom. The summed E-state index contributed by atoms with van der Waals surface area (Å²) < 4.78 is 5.60. The van der Waals surface area contributed by atoms with Gasteiger partial charge in [0.05, 0.1) is 5.41 Å². The highest BCUT2D eigenvalue weighted by atomic mass is 16.6. The molecule has 2 fully saturated rings. The molecule has 1 amide bonds. The third kappa shape index (κ3) is 5.47. The van der Waals surface area contributed by atoms with Crippen LogP contribution in [-0.2, 0) is 14.3 Å². The number of carboxylic acid groups (broad SMARTS) is 1. The highest BCUT2D eigenvalue weighted by molar-refractivity contribution is 5.95. The number of ether oxygens (including phenoxy) is 1. The largest absolute Gasteiger partial charge is 0.483 e. The van der Waals surface area contributed by atoms with Gasteiger partial charge in [0.25, 0.3) is 12.4 Å². The normalized spacial score (nSPS) is 20.1. The van der Waals surface area contributed by atoms with Crippen molar-refractivity contribution in [2.24, 2.45) is 5.41 Å². The second-order valence-electron chi connectivity index (χ2n) is 8.12. The van der Waals surface area contributed by atoms with Crippen LogP contribution in [0.3, 0.4) is 0 Å². The van der Waals surface area contributed by atoms with Crippen molar-refractivity contribution in [3.8, 4) is 0 Å². The van der Waals surface area contributed by atoms with Gasteiger partial charge in [0.1, 0.15) is 6.10 Å². The average Bonchev–Trinajstić information content (AvgIpc) is 2.96. The lowest BCUT2D eigenvalue weighted by Gasteiger charge is -2.36. The smallest absolute Gasteiger partial charge is 0.312 e. The summed E-state index contributed by atoms with van der Waals surface area (Å²) in [4.78, 5) is 39.6.